The molecule has 3 rings (SSSR count). The van der Waals surface area contributed by atoms with Gasteiger partial charge in [0.25, 0.3) is 0 Å². The van der Waals surface area contributed by atoms with Crippen molar-refractivity contribution in [1.82, 2.24) is 5.32 Å². The highest BCUT2D eigenvalue weighted by molar-refractivity contribution is 5.97. The van der Waals surface area contributed by atoms with Crippen molar-refractivity contribution in [2.45, 2.75) is 76.0 Å². The predicted molar refractivity (Wildman–Crippen MR) is 112 cm³/mol. The van der Waals surface area contributed by atoms with Gasteiger partial charge >= 0.3 is 0 Å². The van der Waals surface area contributed by atoms with Crippen LogP contribution in [0.3, 0.4) is 0 Å². The van der Waals surface area contributed by atoms with E-state index in [0.717, 1.165) is 0 Å². The number of nitrogens with one attached hydrogen (secondary N) is 1. The van der Waals surface area contributed by atoms with E-state index in [0.29, 0.717) is 30.4 Å². The number of hydrogen-bond acceptors (Lipinski definition) is 9. The molecular weight excluding hydrogens is 422 g/mol. The van der Waals surface area contributed by atoms with Crippen LogP contribution in [-0.4, -0.2) is 80.1 Å². The first kappa shape index (κ1) is 24.1. The number of ketones is 1. The Bertz CT molecular complexity index is 876. The van der Waals surface area contributed by atoms with Gasteiger partial charge in [0.2, 0.25) is 12.2 Å². The average Bonchev–Trinajstić information content (AvgIpc) is 3.01. The summed E-state index contributed by atoms with van der Waals surface area (Å²) in [5.41, 5.74) is 0.770. The first-order chi connectivity index (χ1) is 15.1. The van der Waals surface area contributed by atoms with Gasteiger partial charge in [0.1, 0.15) is 18.3 Å². The zero-order valence-electron chi connectivity index (χ0n) is 17.8. The van der Waals surface area contributed by atoms with Gasteiger partial charge < -0.3 is 40.3 Å². The monoisotopic (exact) mass is 451 g/mol. The summed E-state index contributed by atoms with van der Waals surface area (Å²) in [4.78, 5) is 23.9. The maximum Gasteiger partial charge on any atom is 0.247 e. The fourth-order valence-corrected chi connectivity index (χ4v) is 3.85. The summed E-state index contributed by atoms with van der Waals surface area (Å²) >= 11 is 0. The van der Waals surface area contributed by atoms with Crippen LogP contribution in [0.1, 0.15) is 38.7 Å². The Morgan fingerprint density at radius 3 is 2.31 bits per heavy atom. The van der Waals surface area contributed by atoms with Crippen molar-refractivity contribution in [1.29, 1.82) is 0 Å². The van der Waals surface area contributed by atoms with E-state index in [1.807, 2.05) is 0 Å². The second-order valence-electron chi connectivity index (χ2n) is 8.25. The zero-order chi connectivity index (χ0) is 23.6. The minimum Gasteiger partial charge on any atom is -0.504 e. The molecule has 1 aliphatic heterocycles. The fourth-order valence-electron chi connectivity index (χ4n) is 3.85. The molecule has 1 saturated carbocycles. The molecule has 0 spiro atoms. The number of phenolic OH excluding ortho intramolecular Hbond substituents is 1. The molecule has 0 bridgehead atoms. The van der Waals surface area contributed by atoms with Crippen LogP contribution in [0.4, 0.5) is 0 Å². The Kier molecular flexibility index (Phi) is 7.52. The largest absolute Gasteiger partial charge is 0.504 e. The Morgan fingerprint density at radius 2 is 1.75 bits per heavy atom. The quantitative estimate of drug-likeness (QED) is 0.316. The van der Waals surface area contributed by atoms with Crippen LogP contribution in [0.2, 0.25) is 0 Å². The van der Waals surface area contributed by atoms with Gasteiger partial charge in [0.15, 0.2) is 17.3 Å². The third-order valence-corrected chi connectivity index (χ3v) is 5.71. The highest BCUT2D eigenvalue weighted by Crippen LogP contribution is 2.32. The molecule has 6 N–H and O–H groups in total. The van der Waals surface area contributed by atoms with Crippen LogP contribution in [0.5, 0.6) is 11.5 Å². The summed E-state index contributed by atoms with van der Waals surface area (Å²) < 4.78 is 10.6. The highest BCUT2D eigenvalue weighted by Gasteiger charge is 2.46. The summed E-state index contributed by atoms with van der Waals surface area (Å²) in [6.45, 7) is 2.78. The summed E-state index contributed by atoms with van der Waals surface area (Å²) in [7, 11) is 0. The summed E-state index contributed by atoms with van der Waals surface area (Å²) in [6, 6.07) is 3.54. The molecular formula is C22H29NO9. The van der Waals surface area contributed by atoms with E-state index < -0.39 is 54.5 Å². The Labute approximate surface area is 185 Å². The van der Waals surface area contributed by atoms with Crippen molar-refractivity contribution in [3.05, 3.63) is 29.3 Å². The van der Waals surface area contributed by atoms with Gasteiger partial charge in [-0.3, -0.25) is 9.59 Å². The first-order valence-electron chi connectivity index (χ1n) is 10.5. The Morgan fingerprint density at radius 1 is 1.09 bits per heavy atom. The molecule has 6 unspecified atom stereocenters. The molecule has 32 heavy (non-hydrogen) atoms. The summed E-state index contributed by atoms with van der Waals surface area (Å²) in [5.74, 6) is -1.27. The first-order valence-corrected chi connectivity index (χ1v) is 10.5. The lowest BCUT2D eigenvalue weighted by atomic mass is 9.89. The van der Waals surface area contributed by atoms with Gasteiger partial charge in [-0.2, -0.15) is 0 Å². The molecule has 1 aromatic carbocycles. The number of aromatic hydroxyl groups is 1. The van der Waals surface area contributed by atoms with E-state index >= 15 is 0 Å². The van der Waals surface area contributed by atoms with Gasteiger partial charge in [0.05, 0.1) is 18.2 Å². The van der Waals surface area contributed by atoms with Crippen molar-refractivity contribution in [2.24, 2.45) is 0 Å². The van der Waals surface area contributed by atoms with Gasteiger partial charge in [-0.1, -0.05) is 6.07 Å². The normalized spacial score (nSPS) is 33.1. The predicted octanol–water partition coefficient (Wildman–Crippen LogP) is -0.400. The molecule has 1 aromatic rings. The standard InChI is InChI=1S/C22H29NO9/c1-10(21(30)23-17-13(25)4-3-5-14(17)26)8-12-6-7-16(15(27)9-12)31-22-19(29)18(28)20(32-22)11(2)24/h6-9,13-14,17-20,22,25-29H,3-5H2,1-2H3,(H,23,30)/b10-8+. The van der Waals surface area contributed by atoms with Crippen LogP contribution < -0.4 is 10.1 Å². The molecule has 176 valence electrons. The number of amides is 1. The summed E-state index contributed by atoms with van der Waals surface area (Å²) in [6.07, 6.45) is -3.90. The van der Waals surface area contributed by atoms with E-state index in [4.69, 9.17) is 9.47 Å². The summed E-state index contributed by atoms with van der Waals surface area (Å²) in [5, 5.41) is 52.9. The fraction of sp³-hybridized carbons (Fsp3) is 0.545. The van der Waals surface area contributed by atoms with Gasteiger partial charge in [-0.15, -0.1) is 0 Å². The minimum atomic E-state index is -1.47. The van der Waals surface area contributed by atoms with E-state index in [1.54, 1.807) is 13.0 Å². The van der Waals surface area contributed by atoms with Crippen LogP contribution >= 0.6 is 0 Å². The molecule has 2 aliphatic rings. The van der Waals surface area contributed by atoms with Crippen LogP contribution in [-0.2, 0) is 14.3 Å². The number of rotatable bonds is 6. The second-order valence-corrected chi connectivity index (χ2v) is 8.25. The molecule has 6 atom stereocenters. The maximum atomic E-state index is 12.5. The maximum absolute atomic E-state index is 12.5. The number of aliphatic hydroxyl groups is 4. The van der Waals surface area contributed by atoms with E-state index in [9.17, 15) is 35.1 Å². The molecule has 2 fully saturated rings. The lowest BCUT2D eigenvalue weighted by molar-refractivity contribution is -0.141. The topological polar surface area (TPSA) is 166 Å². The zero-order valence-corrected chi connectivity index (χ0v) is 17.8. The van der Waals surface area contributed by atoms with Gasteiger partial charge in [0, 0.05) is 5.57 Å². The van der Waals surface area contributed by atoms with Gasteiger partial charge in [-0.25, -0.2) is 0 Å². The Balaban J connectivity index is 1.66. The average molecular weight is 451 g/mol. The number of ether oxygens (including phenoxy) is 2. The smallest absolute Gasteiger partial charge is 0.247 e. The van der Waals surface area contributed by atoms with Crippen molar-refractivity contribution >= 4 is 17.8 Å². The third kappa shape index (κ3) is 5.28. The minimum absolute atomic E-state index is 0.0434. The SMILES string of the molecule is CC(=O)C1OC(Oc2ccc(/C=C(\C)C(=O)NC3C(O)CCCC3O)cc2O)C(O)C1O. The lowest BCUT2D eigenvalue weighted by Crippen LogP contribution is -2.53. The number of carbonyl (C=O) groups excluding carboxylic acids is 2. The number of phenols is 1. The van der Waals surface area contributed by atoms with E-state index in [-0.39, 0.29) is 11.5 Å². The van der Waals surface area contributed by atoms with Crippen molar-refractivity contribution in [3.8, 4) is 11.5 Å². The van der Waals surface area contributed by atoms with Crippen molar-refractivity contribution in [3.63, 3.8) is 0 Å². The molecule has 10 heteroatoms. The van der Waals surface area contributed by atoms with E-state index in [1.165, 1.54) is 25.1 Å². The molecule has 1 saturated heterocycles. The van der Waals surface area contributed by atoms with Crippen molar-refractivity contribution in [2.75, 3.05) is 0 Å². The molecule has 0 aromatic heterocycles. The number of carbonyl (C=O) groups is 2. The molecule has 1 aliphatic carbocycles. The number of Topliss-reactive ketones (excluding diaryl/α,β-unsaturated/α-hetero) is 1. The molecule has 1 amide bonds. The van der Waals surface area contributed by atoms with Gasteiger partial charge in [-0.05, 0) is 56.9 Å². The highest BCUT2D eigenvalue weighted by atomic mass is 16.7. The van der Waals surface area contributed by atoms with E-state index in [2.05, 4.69) is 5.32 Å². The third-order valence-electron chi connectivity index (χ3n) is 5.71. The Hall–Kier alpha value is -2.50. The number of hydrogen-bond donors (Lipinski definition) is 6. The second kappa shape index (κ2) is 9.97. The lowest BCUT2D eigenvalue weighted by Gasteiger charge is -2.32. The molecule has 10 nitrogen and oxygen atoms in total. The van der Waals surface area contributed by atoms with Crippen LogP contribution in [0.15, 0.2) is 23.8 Å². The number of benzene rings is 1. The van der Waals surface area contributed by atoms with Crippen LogP contribution in [0.25, 0.3) is 6.08 Å². The number of aliphatic hydroxyl groups excluding tert-OH is 4. The van der Waals surface area contributed by atoms with Crippen molar-refractivity contribution < 1.29 is 44.6 Å². The molecule has 0 radical (unpaired) electrons. The molecule has 1 heterocycles. The van der Waals surface area contributed by atoms with Crippen LogP contribution in [0, 0.1) is 0 Å².